The second kappa shape index (κ2) is 5.40. The van der Waals surface area contributed by atoms with Gasteiger partial charge < -0.3 is 14.8 Å². The number of hydrogen-bond acceptors (Lipinski definition) is 4. The van der Waals surface area contributed by atoms with Gasteiger partial charge in [-0.15, -0.1) is 0 Å². The molecular weight excluding hydrogens is 275 g/mol. The number of hydrogen-bond donors (Lipinski definition) is 1. The van der Waals surface area contributed by atoms with E-state index in [2.05, 4.69) is 10.3 Å². The number of carbonyl (C=O) groups excluding carboxylic acids is 1. The van der Waals surface area contributed by atoms with E-state index in [1.165, 1.54) is 13.2 Å². The molecule has 0 atom stereocenters. The molecule has 0 unspecified atom stereocenters. The Bertz CT molecular complexity index is 703. The normalized spacial score (nSPS) is 13.7. The molecule has 108 valence electrons. The fourth-order valence-electron chi connectivity index (χ4n) is 2.11. The SMILES string of the molecule is COc1ccc(-c2ccc3c(n2)CNC(=O)CO3)cc1F. The minimum absolute atomic E-state index is 0.0226. The highest BCUT2D eigenvalue weighted by molar-refractivity contribution is 5.78. The maximum Gasteiger partial charge on any atom is 0.258 e. The topological polar surface area (TPSA) is 60.5 Å². The summed E-state index contributed by atoms with van der Waals surface area (Å²) in [4.78, 5) is 15.7. The molecule has 2 aromatic rings. The minimum Gasteiger partial charge on any atom is -0.494 e. The van der Waals surface area contributed by atoms with E-state index in [0.29, 0.717) is 29.2 Å². The predicted octanol–water partition coefficient (Wildman–Crippen LogP) is 1.90. The molecule has 0 saturated heterocycles. The zero-order valence-corrected chi connectivity index (χ0v) is 11.4. The van der Waals surface area contributed by atoms with Crippen LogP contribution in [-0.4, -0.2) is 24.6 Å². The zero-order valence-electron chi connectivity index (χ0n) is 11.4. The first-order valence-electron chi connectivity index (χ1n) is 6.40. The first-order chi connectivity index (χ1) is 10.2. The van der Waals surface area contributed by atoms with Crippen molar-refractivity contribution in [3.05, 3.63) is 41.8 Å². The third-order valence-electron chi connectivity index (χ3n) is 3.19. The van der Waals surface area contributed by atoms with Crippen molar-refractivity contribution in [2.45, 2.75) is 6.54 Å². The smallest absolute Gasteiger partial charge is 0.258 e. The summed E-state index contributed by atoms with van der Waals surface area (Å²) in [6, 6.07) is 8.11. The van der Waals surface area contributed by atoms with Crippen LogP contribution in [-0.2, 0) is 11.3 Å². The number of nitrogens with one attached hydrogen (secondary N) is 1. The number of amides is 1. The summed E-state index contributed by atoms with van der Waals surface area (Å²) in [5, 5.41) is 2.69. The van der Waals surface area contributed by atoms with Gasteiger partial charge in [0.15, 0.2) is 18.2 Å². The molecule has 1 N–H and O–H groups in total. The van der Waals surface area contributed by atoms with Gasteiger partial charge in [0, 0.05) is 5.56 Å². The Kier molecular flexibility index (Phi) is 3.43. The summed E-state index contributed by atoms with van der Waals surface area (Å²) >= 11 is 0. The van der Waals surface area contributed by atoms with Crippen LogP contribution in [0.15, 0.2) is 30.3 Å². The Hall–Kier alpha value is -2.63. The first kappa shape index (κ1) is 13.4. The molecule has 0 fully saturated rings. The molecule has 0 radical (unpaired) electrons. The van der Waals surface area contributed by atoms with Crippen molar-refractivity contribution in [3.8, 4) is 22.8 Å². The number of rotatable bonds is 2. The quantitative estimate of drug-likeness (QED) is 0.917. The Morgan fingerprint density at radius 1 is 1.33 bits per heavy atom. The number of methoxy groups -OCH3 is 1. The van der Waals surface area contributed by atoms with Crippen LogP contribution >= 0.6 is 0 Å². The van der Waals surface area contributed by atoms with Gasteiger partial charge in [-0.05, 0) is 30.3 Å². The molecule has 3 rings (SSSR count). The summed E-state index contributed by atoms with van der Waals surface area (Å²) in [6.07, 6.45) is 0. The van der Waals surface area contributed by atoms with Crippen molar-refractivity contribution in [1.82, 2.24) is 10.3 Å². The van der Waals surface area contributed by atoms with Crippen LogP contribution < -0.4 is 14.8 Å². The molecule has 0 saturated carbocycles. The van der Waals surface area contributed by atoms with Gasteiger partial charge in [0.05, 0.1) is 19.3 Å². The van der Waals surface area contributed by atoms with Gasteiger partial charge >= 0.3 is 0 Å². The van der Waals surface area contributed by atoms with E-state index >= 15 is 0 Å². The highest BCUT2D eigenvalue weighted by atomic mass is 19.1. The van der Waals surface area contributed by atoms with Gasteiger partial charge in [-0.1, -0.05) is 0 Å². The Labute approximate surface area is 120 Å². The average Bonchev–Trinajstić information content (AvgIpc) is 2.69. The first-order valence-corrected chi connectivity index (χ1v) is 6.40. The minimum atomic E-state index is -0.448. The molecule has 1 aliphatic rings. The Morgan fingerprint density at radius 3 is 2.95 bits per heavy atom. The molecule has 5 nitrogen and oxygen atoms in total. The number of aromatic nitrogens is 1. The second-order valence-electron chi connectivity index (χ2n) is 4.56. The van der Waals surface area contributed by atoms with Crippen LogP contribution in [0.25, 0.3) is 11.3 Å². The van der Waals surface area contributed by atoms with Crippen LogP contribution in [0.4, 0.5) is 4.39 Å². The summed E-state index contributed by atoms with van der Waals surface area (Å²) < 4.78 is 24.0. The highest BCUT2D eigenvalue weighted by Crippen LogP contribution is 2.27. The largest absolute Gasteiger partial charge is 0.494 e. The Balaban J connectivity index is 1.97. The van der Waals surface area contributed by atoms with Crippen LogP contribution in [0.2, 0.25) is 0 Å². The van der Waals surface area contributed by atoms with E-state index < -0.39 is 5.82 Å². The van der Waals surface area contributed by atoms with E-state index in [-0.39, 0.29) is 18.3 Å². The molecule has 2 heterocycles. The van der Waals surface area contributed by atoms with Crippen LogP contribution in [0.1, 0.15) is 5.69 Å². The van der Waals surface area contributed by atoms with Crippen LogP contribution in [0.5, 0.6) is 11.5 Å². The van der Waals surface area contributed by atoms with Crippen molar-refractivity contribution < 1.29 is 18.7 Å². The van der Waals surface area contributed by atoms with Gasteiger partial charge in [-0.25, -0.2) is 9.37 Å². The lowest BCUT2D eigenvalue weighted by Gasteiger charge is -2.09. The third-order valence-corrected chi connectivity index (χ3v) is 3.19. The molecule has 1 amide bonds. The summed E-state index contributed by atoms with van der Waals surface area (Å²) in [5.41, 5.74) is 1.86. The summed E-state index contributed by atoms with van der Waals surface area (Å²) in [7, 11) is 1.42. The zero-order chi connectivity index (χ0) is 14.8. The lowest BCUT2D eigenvalue weighted by atomic mass is 10.1. The standard InChI is InChI=1S/C15H13FN2O3/c1-20-13-4-2-9(6-10(13)16)11-3-5-14-12(18-11)7-17-15(19)8-21-14/h2-6H,7-8H2,1H3,(H,17,19). The van der Waals surface area contributed by atoms with E-state index in [4.69, 9.17) is 9.47 Å². The maximum atomic E-state index is 13.8. The van der Waals surface area contributed by atoms with Crippen LogP contribution in [0, 0.1) is 5.82 Å². The van der Waals surface area contributed by atoms with E-state index in [9.17, 15) is 9.18 Å². The highest BCUT2D eigenvalue weighted by Gasteiger charge is 2.16. The molecule has 1 aliphatic heterocycles. The van der Waals surface area contributed by atoms with E-state index in [0.717, 1.165) is 0 Å². The number of nitrogens with zero attached hydrogens (tertiary/aromatic N) is 1. The third kappa shape index (κ3) is 2.65. The number of ether oxygens (including phenoxy) is 2. The molecule has 1 aromatic heterocycles. The second-order valence-corrected chi connectivity index (χ2v) is 4.56. The van der Waals surface area contributed by atoms with Gasteiger partial charge in [-0.2, -0.15) is 0 Å². The molecule has 0 spiro atoms. The number of halogens is 1. The summed E-state index contributed by atoms with van der Waals surface area (Å²) in [5.74, 6) is 0.108. The molecule has 0 aliphatic carbocycles. The van der Waals surface area contributed by atoms with Gasteiger partial charge in [-0.3, -0.25) is 4.79 Å². The lowest BCUT2D eigenvalue weighted by molar-refractivity contribution is -0.122. The van der Waals surface area contributed by atoms with Gasteiger partial charge in [0.1, 0.15) is 11.4 Å². The van der Waals surface area contributed by atoms with Gasteiger partial charge in [0.25, 0.3) is 5.91 Å². The predicted molar refractivity (Wildman–Crippen MR) is 73.5 cm³/mol. The van der Waals surface area contributed by atoms with Gasteiger partial charge in [0.2, 0.25) is 0 Å². The fourth-order valence-corrected chi connectivity index (χ4v) is 2.11. The Morgan fingerprint density at radius 2 is 2.19 bits per heavy atom. The molecule has 21 heavy (non-hydrogen) atoms. The van der Waals surface area contributed by atoms with Crippen molar-refractivity contribution in [2.24, 2.45) is 0 Å². The molecule has 0 bridgehead atoms. The number of fused-ring (bicyclic) bond motifs is 1. The number of benzene rings is 1. The van der Waals surface area contributed by atoms with Crippen molar-refractivity contribution in [1.29, 1.82) is 0 Å². The van der Waals surface area contributed by atoms with Crippen LogP contribution in [0.3, 0.4) is 0 Å². The number of pyridine rings is 1. The van der Waals surface area contributed by atoms with Crippen molar-refractivity contribution >= 4 is 5.91 Å². The molecule has 1 aromatic carbocycles. The number of carbonyl (C=O) groups is 1. The van der Waals surface area contributed by atoms with E-state index in [1.807, 2.05) is 0 Å². The fraction of sp³-hybridized carbons (Fsp3) is 0.200. The monoisotopic (exact) mass is 288 g/mol. The van der Waals surface area contributed by atoms with Crippen molar-refractivity contribution in [3.63, 3.8) is 0 Å². The molecular formula is C15H13FN2O3. The summed E-state index contributed by atoms with van der Waals surface area (Å²) in [6.45, 7) is 0.270. The van der Waals surface area contributed by atoms with E-state index in [1.54, 1.807) is 24.3 Å². The maximum absolute atomic E-state index is 13.8. The van der Waals surface area contributed by atoms with Crippen molar-refractivity contribution in [2.75, 3.05) is 13.7 Å². The average molecular weight is 288 g/mol. The lowest BCUT2D eigenvalue weighted by Crippen LogP contribution is -2.25. The molecule has 6 heteroatoms.